The maximum absolute atomic E-state index is 12.0. The highest BCUT2D eigenvalue weighted by Crippen LogP contribution is 2.21. The molecule has 4 heteroatoms. The van der Waals surface area contributed by atoms with Gasteiger partial charge in [0.25, 0.3) is 5.91 Å². The van der Waals surface area contributed by atoms with E-state index in [1.54, 1.807) is 12.1 Å². The molecular weight excluding hydrogens is 298 g/mol. The molecule has 0 radical (unpaired) electrons. The van der Waals surface area contributed by atoms with Crippen molar-refractivity contribution in [1.29, 1.82) is 0 Å². The summed E-state index contributed by atoms with van der Waals surface area (Å²) in [6.07, 6.45) is 0.829. The Bertz CT molecular complexity index is 628. The first-order chi connectivity index (χ1) is 10.6. The van der Waals surface area contributed by atoms with Crippen LogP contribution >= 0.6 is 11.6 Å². The fourth-order valence-corrected chi connectivity index (χ4v) is 2.32. The smallest absolute Gasteiger partial charge is 0.258 e. The Hall–Kier alpha value is -2.00. The molecule has 0 saturated carbocycles. The molecule has 0 unspecified atom stereocenters. The molecule has 116 valence electrons. The van der Waals surface area contributed by atoms with E-state index in [1.165, 1.54) is 0 Å². The fourth-order valence-electron chi connectivity index (χ4n) is 2.20. The van der Waals surface area contributed by atoms with Crippen LogP contribution < -0.4 is 10.1 Å². The van der Waals surface area contributed by atoms with Crippen LogP contribution in [0.5, 0.6) is 5.75 Å². The average Bonchev–Trinajstić information content (AvgIpc) is 2.54. The molecule has 22 heavy (non-hydrogen) atoms. The number of ether oxygens (including phenoxy) is 1. The highest BCUT2D eigenvalue weighted by Gasteiger charge is 2.12. The number of aryl methyl sites for hydroxylation is 1. The van der Waals surface area contributed by atoms with Crippen molar-refractivity contribution < 1.29 is 9.53 Å². The highest BCUT2D eigenvalue weighted by molar-refractivity contribution is 6.31. The first-order valence-electron chi connectivity index (χ1n) is 7.33. The molecule has 0 heterocycles. The molecule has 3 nitrogen and oxygen atoms in total. The predicted molar refractivity (Wildman–Crippen MR) is 89.3 cm³/mol. The zero-order chi connectivity index (χ0) is 15.9. The Morgan fingerprint density at radius 1 is 1.23 bits per heavy atom. The minimum absolute atomic E-state index is 0.00394. The van der Waals surface area contributed by atoms with E-state index in [9.17, 15) is 4.79 Å². The number of nitrogens with one attached hydrogen (secondary N) is 1. The molecular formula is C18H20ClNO2. The lowest BCUT2D eigenvalue weighted by atomic mass is 10.0. The van der Waals surface area contributed by atoms with Crippen molar-refractivity contribution in [3.8, 4) is 5.75 Å². The van der Waals surface area contributed by atoms with Crippen molar-refractivity contribution >= 4 is 17.5 Å². The summed E-state index contributed by atoms with van der Waals surface area (Å²) in [5.41, 5.74) is 2.02. The summed E-state index contributed by atoms with van der Waals surface area (Å²) >= 11 is 5.96. The summed E-state index contributed by atoms with van der Waals surface area (Å²) < 4.78 is 5.51. The van der Waals surface area contributed by atoms with Gasteiger partial charge in [0.05, 0.1) is 6.04 Å². The summed E-state index contributed by atoms with van der Waals surface area (Å²) in [5.74, 6) is 0.508. The Morgan fingerprint density at radius 3 is 2.59 bits per heavy atom. The second kappa shape index (κ2) is 7.85. The number of halogens is 1. The first-order valence-corrected chi connectivity index (χ1v) is 7.71. The van der Waals surface area contributed by atoms with Crippen LogP contribution in [-0.4, -0.2) is 12.5 Å². The van der Waals surface area contributed by atoms with E-state index < -0.39 is 0 Å². The van der Waals surface area contributed by atoms with Crippen LogP contribution in [0.1, 0.15) is 30.5 Å². The number of rotatable bonds is 6. The third-order valence-electron chi connectivity index (χ3n) is 3.44. The van der Waals surface area contributed by atoms with Gasteiger partial charge in [-0.2, -0.15) is 0 Å². The van der Waals surface area contributed by atoms with Crippen molar-refractivity contribution in [2.45, 2.75) is 26.3 Å². The number of hydrogen-bond donors (Lipinski definition) is 1. The van der Waals surface area contributed by atoms with Gasteiger partial charge in [-0.1, -0.05) is 48.9 Å². The lowest BCUT2D eigenvalue weighted by Crippen LogP contribution is -2.32. The Labute approximate surface area is 136 Å². The summed E-state index contributed by atoms with van der Waals surface area (Å²) in [7, 11) is 0. The molecule has 0 saturated heterocycles. The number of amides is 1. The van der Waals surface area contributed by atoms with Gasteiger partial charge in [0.1, 0.15) is 5.75 Å². The van der Waals surface area contributed by atoms with Crippen molar-refractivity contribution in [3.05, 3.63) is 64.7 Å². The normalized spacial score (nSPS) is 11.8. The van der Waals surface area contributed by atoms with Crippen LogP contribution in [0, 0.1) is 6.92 Å². The van der Waals surface area contributed by atoms with Gasteiger partial charge in [-0.25, -0.2) is 0 Å². The molecule has 0 fully saturated rings. The van der Waals surface area contributed by atoms with E-state index in [4.69, 9.17) is 16.3 Å². The Balaban J connectivity index is 1.90. The number of carbonyl (C=O) groups excluding carboxylic acids is 1. The van der Waals surface area contributed by atoms with E-state index in [1.807, 2.05) is 50.2 Å². The van der Waals surface area contributed by atoms with E-state index in [0.29, 0.717) is 10.8 Å². The van der Waals surface area contributed by atoms with Crippen LogP contribution in [0.3, 0.4) is 0 Å². The number of carbonyl (C=O) groups is 1. The van der Waals surface area contributed by atoms with Crippen LogP contribution in [0.4, 0.5) is 0 Å². The maximum atomic E-state index is 12.0. The standard InChI is InChI=1S/C18H20ClNO2/c1-3-17(14-7-5-4-6-8-14)20-18(21)12-22-15-9-10-16(19)13(2)11-15/h4-11,17H,3,12H2,1-2H3,(H,20,21)/t17-/m0/s1. The Morgan fingerprint density at radius 2 is 1.95 bits per heavy atom. The van der Waals surface area contributed by atoms with Crippen molar-refractivity contribution in [1.82, 2.24) is 5.32 Å². The van der Waals surface area contributed by atoms with Gasteiger partial charge in [-0.05, 0) is 42.7 Å². The van der Waals surface area contributed by atoms with Gasteiger partial charge >= 0.3 is 0 Å². The lowest BCUT2D eigenvalue weighted by Gasteiger charge is -2.17. The third-order valence-corrected chi connectivity index (χ3v) is 3.87. The molecule has 0 aliphatic carbocycles. The quantitative estimate of drug-likeness (QED) is 0.863. The largest absolute Gasteiger partial charge is 0.484 e. The first kappa shape index (κ1) is 16.4. The topological polar surface area (TPSA) is 38.3 Å². The summed E-state index contributed by atoms with van der Waals surface area (Å²) in [6.45, 7) is 3.93. The average molecular weight is 318 g/mol. The maximum Gasteiger partial charge on any atom is 0.258 e. The second-order valence-corrected chi connectivity index (χ2v) is 5.55. The van der Waals surface area contributed by atoms with Crippen LogP contribution in [0.25, 0.3) is 0 Å². The molecule has 0 aromatic heterocycles. The molecule has 2 rings (SSSR count). The molecule has 0 spiro atoms. The zero-order valence-corrected chi connectivity index (χ0v) is 13.6. The van der Waals surface area contributed by atoms with E-state index in [-0.39, 0.29) is 18.6 Å². The van der Waals surface area contributed by atoms with Gasteiger partial charge in [0.2, 0.25) is 0 Å². The van der Waals surface area contributed by atoms with Gasteiger partial charge < -0.3 is 10.1 Å². The monoisotopic (exact) mass is 317 g/mol. The molecule has 0 bridgehead atoms. The summed E-state index contributed by atoms with van der Waals surface area (Å²) in [6, 6.07) is 15.3. The minimum atomic E-state index is -0.136. The molecule has 1 atom stereocenters. The SMILES string of the molecule is CC[C@H](NC(=O)COc1ccc(Cl)c(C)c1)c1ccccc1. The molecule has 1 N–H and O–H groups in total. The second-order valence-electron chi connectivity index (χ2n) is 5.14. The molecule has 0 aliphatic heterocycles. The minimum Gasteiger partial charge on any atom is -0.484 e. The van der Waals surface area contributed by atoms with Crippen LogP contribution in [-0.2, 0) is 4.79 Å². The number of hydrogen-bond acceptors (Lipinski definition) is 2. The van der Waals surface area contributed by atoms with E-state index >= 15 is 0 Å². The van der Waals surface area contributed by atoms with Gasteiger partial charge in [0.15, 0.2) is 6.61 Å². The van der Waals surface area contributed by atoms with Crippen molar-refractivity contribution in [2.24, 2.45) is 0 Å². The Kier molecular flexibility index (Phi) is 5.84. The molecule has 1 amide bonds. The van der Waals surface area contributed by atoms with Crippen LogP contribution in [0.2, 0.25) is 5.02 Å². The molecule has 0 aliphatic rings. The lowest BCUT2D eigenvalue weighted by molar-refractivity contribution is -0.123. The molecule has 2 aromatic carbocycles. The van der Waals surface area contributed by atoms with Gasteiger partial charge in [-0.3, -0.25) is 4.79 Å². The number of benzene rings is 2. The zero-order valence-electron chi connectivity index (χ0n) is 12.8. The summed E-state index contributed by atoms with van der Waals surface area (Å²) in [4.78, 5) is 12.0. The predicted octanol–water partition coefficient (Wildman–Crippen LogP) is 4.29. The fraction of sp³-hybridized carbons (Fsp3) is 0.278. The molecule has 2 aromatic rings. The highest BCUT2D eigenvalue weighted by atomic mass is 35.5. The third kappa shape index (κ3) is 4.50. The van der Waals surface area contributed by atoms with E-state index in [2.05, 4.69) is 5.32 Å². The van der Waals surface area contributed by atoms with Crippen molar-refractivity contribution in [2.75, 3.05) is 6.61 Å². The van der Waals surface area contributed by atoms with Crippen molar-refractivity contribution in [3.63, 3.8) is 0 Å². The van der Waals surface area contributed by atoms with Gasteiger partial charge in [0, 0.05) is 5.02 Å². The van der Waals surface area contributed by atoms with Crippen LogP contribution in [0.15, 0.2) is 48.5 Å². The van der Waals surface area contributed by atoms with Gasteiger partial charge in [-0.15, -0.1) is 0 Å². The summed E-state index contributed by atoms with van der Waals surface area (Å²) in [5, 5.41) is 3.68. The van der Waals surface area contributed by atoms with E-state index in [0.717, 1.165) is 17.5 Å².